The number of nitrogens with two attached hydrogens (primary N) is 1. The Morgan fingerprint density at radius 2 is 2.03 bits per heavy atom. The molecule has 0 bridgehead atoms. The van der Waals surface area contributed by atoms with Crippen LogP contribution in [0.3, 0.4) is 0 Å². The summed E-state index contributed by atoms with van der Waals surface area (Å²) in [6, 6.07) is 13.5. The first kappa shape index (κ1) is 26.7. The first-order valence-corrected chi connectivity index (χ1v) is 13.5. The third-order valence-electron chi connectivity index (χ3n) is 7.06. The Morgan fingerprint density at radius 1 is 1.25 bits per heavy atom. The first-order chi connectivity index (χ1) is 17.4. The van der Waals surface area contributed by atoms with Crippen LogP contribution in [0.15, 0.2) is 64.7 Å². The van der Waals surface area contributed by atoms with E-state index < -0.39 is 0 Å². The van der Waals surface area contributed by atoms with Crippen molar-refractivity contribution in [1.29, 1.82) is 0 Å². The number of carbonyl (C=O) groups excluding carboxylic acids is 1. The van der Waals surface area contributed by atoms with E-state index in [1.54, 1.807) is 0 Å². The standard InChI is InChI=1S/C28H32BrClFN3O2/c1-17-12-23(18-6-3-2-4-7-18)22-10-9-21(16-34-28(35)33-11-5-8-20(30)15-32)36-27(22)24-13-19(29)14-25(31)26(17)24/h2-4,6-7,13-15,21-23,27H,1,5,8-12,16,32H2,(H2,33,34,35)/b20-15-/t21-,22+,23+,27+/m1/s1. The lowest BCUT2D eigenvalue weighted by Crippen LogP contribution is -2.43. The normalized spacial score (nSPS) is 23.9. The lowest BCUT2D eigenvalue weighted by molar-refractivity contribution is -0.0890. The fourth-order valence-electron chi connectivity index (χ4n) is 5.36. The largest absolute Gasteiger partial charge is 0.404 e. The van der Waals surface area contributed by atoms with Gasteiger partial charge in [0.1, 0.15) is 5.82 Å². The Kier molecular flexibility index (Phi) is 9.09. The zero-order valence-electron chi connectivity index (χ0n) is 20.1. The molecule has 5 nitrogen and oxygen atoms in total. The lowest BCUT2D eigenvalue weighted by Gasteiger charge is -2.40. The van der Waals surface area contributed by atoms with Gasteiger partial charge in [0.05, 0.1) is 12.2 Å². The van der Waals surface area contributed by atoms with Gasteiger partial charge in [0.15, 0.2) is 0 Å². The highest BCUT2D eigenvalue weighted by Crippen LogP contribution is 2.52. The Balaban J connectivity index is 1.49. The van der Waals surface area contributed by atoms with Crippen LogP contribution in [0.1, 0.15) is 60.8 Å². The number of ether oxygens (including phenoxy) is 1. The van der Waals surface area contributed by atoms with Crippen molar-refractivity contribution in [1.82, 2.24) is 10.6 Å². The molecule has 1 fully saturated rings. The average Bonchev–Trinajstić information content (AvgIpc) is 3.00. The zero-order chi connectivity index (χ0) is 25.7. The van der Waals surface area contributed by atoms with Crippen molar-refractivity contribution in [2.75, 3.05) is 13.1 Å². The molecule has 192 valence electrons. The third kappa shape index (κ3) is 6.31. The van der Waals surface area contributed by atoms with Gasteiger partial charge in [0.2, 0.25) is 0 Å². The minimum Gasteiger partial charge on any atom is -0.404 e. The number of halogens is 3. The SMILES string of the molecule is C=C1C[C@@H](c2ccccc2)[C@@H]2CC[C@H](CNC(=O)NCCC/C(Cl)=C/N)O[C@@H]2c2cc(Br)cc(F)c21. The van der Waals surface area contributed by atoms with E-state index >= 15 is 4.39 Å². The molecular weight excluding hydrogens is 545 g/mol. The third-order valence-corrected chi connectivity index (χ3v) is 7.83. The molecule has 1 saturated heterocycles. The van der Waals surface area contributed by atoms with E-state index in [9.17, 15) is 4.79 Å². The van der Waals surface area contributed by atoms with Gasteiger partial charge in [-0.2, -0.15) is 0 Å². The van der Waals surface area contributed by atoms with Crippen LogP contribution in [-0.4, -0.2) is 25.2 Å². The molecule has 0 aromatic heterocycles. The highest BCUT2D eigenvalue weighted by molar-refractivity contribution is 9.10. The van der Waals surface area contributed by atoms with Crippen LogP contribution in [0.2, 0.25) is 0 Å². The minimum absolute atomic E-state index is 0.167. The molecule has 36 heavy (non-hydrogen) atoms. The maximum Gasteiger partial charge on any atom is 0.314 e. The van der Waals surface area contributed by atoms with Crippen molar-refractivity contribution in [2.45, 2.75) is 50.2 Å². The molecule has 0 unspecified atom stereocenters. The number of urea groups is 1. The summed E-state index contributed by atoms with van der Waals surface area (Å²) in [5.41, 5.74) is 8.75. The number of hydrogen-bond acceptors (Lipinski definition) is 3. The van der Waals surface area contributed by atoms with Crippen LogP contribution in [0, 0.1) is 11.7 Å². The van der Waals surface area contributed by atoms with Crippen molar-refractivity contribution in [2.24, 2.45) is 11.7 Å². The van der Waals surface area contributed by atoms with Gasteiger partial charge < -0.3 is 21.1 Å². The molecule has 4 atom stereocenters. The number of hydrogen-bond donors (Lipinski definition) is 3. The van der Waals surface area contributed by atoms with Crippen molar-refractivity contribution in [3.63, 3.8) is 0 Å². The Hall–Kier alpha value is -2.35. The maximum absolute atomic E-state index is 15.2. The van der Waals surface area contributed by atoms with Gasteiger partial charge in [-0.25, -0.2) is 9.18 Å². The number of rotatable bonds is 7. The summed E-state index contributed by atoms with van der Waals surface area (Å²) in [6.07, 6.45) is 4.59. The van der Waals surface area contributed by atoms with Crippen LogP contribution in [0.4, 0.5) is 9.18 Å². The fourth-order valence-corrected chi connectivity index (χ4v) is 5.94. The van der Waals surface area contributed by atoms with Crippen molar-refractivity contribution >= 4 is 39.1 Å². The molecular formula is C28H32BrClFN3O2. The second kappa shape index (κ2) is 12.3. The Labute approximate surface area is 225 Å². The summed E-state index contributed by atoms with van der Waals surface area (Å²) in [4.78, 5) is 12.3. The topological polar surface area (TPSA) is 76.4 Å². The number of amides is 2. The molecule has 1 aliphatic carbocycles. The molecule has 4 N–H and O–H groups in total. The quantitative estimate of drug-likeness (QED) is 0.319. The summed E-state index contributed by atoms with van der Waals surface area (Å²) < 4.78 is 22.5. The number of allylic oxidation sites excluding steroid dienone is 2. The number of fused-ring (bicyclic) bond motifs is 3. The van der Waals surface area contributed by atoms with Gasteiger partial charge in [-0.05, 0) is 72.8 Å². The van der Waals surface area contributed by atoms with E-state index in [1.807, 2.05) is 24.3 Å². The second-order valence-corrected chi connectivity index (χ2v) is 10.9. The van der Waals surface area contributed by atoms with E-state index in [0.717, 1.165) is 24.0 Å². The molecule has 4 rings (SSSR count). The summed E-state index contributed by atoms with van der Waals surface area (Å²) in [5, 5.41) is 6.32. The summed E-state index contributed by atoms with van der Waals surface area (Å²) in [5.74, 6) is 0.0510. The summed E-state index contributed by atoms with van der Waals surface area (Å²) in [6.45, 7) is 5.15. The summed E-state index contributed by atoms with van der Waals surface area (Å²) >= 11 is 9.35. The van der Waals surface area contributed by atoms with Gasteiger partial charge in [-0.1, -0.05) is 64.4 Å². The van der Waals surface area contributed by atoms with Crippen LogP contribution >= 0.6 is 27.5 Å². The first-order valence-electron chi connectivity index (χ1n) is 12.3. The second-order valence-electron chi connectivity index (χ2n) is 9.45. The molecule has 2 amide bonds. The zero-order valence-corrected chi connectivity index (χ0v) is 22.5. The van der Waals surface area contributed by atoms with E-state index in [1.165, 1.54) is 17.8 Å². The van der Waals surface area contributed by atoms with Gasteiger partial charge in [0, 0.05) is 34.4 Å². The number of carbonyl (C=O) groups is 1. The van der Waals surface area contributed by atoms with Crippen molar-refractivity contribution < 1.29 is 13.9 Å². The van der Waals surface area contributed by atoms with Gasteiger partial charge in [0.25, 0.3) is 0 Å². The van der Waals surface area contributed by atoms with E-state index in [-0.39, 0.29) is 35.9 Å². The van der Waals surface area contributed by atoms with Crippen LogP contribution in [0.5, 0.6) is 0 Å². The number of benzene rings is 2. The van der Waals surface area contributed by atoms with Gasteiger partial charge >= 0.3 is 6.03 Å². The maximum atomic E-state index is 15.2. The molecule has 1 aliphatic heterocycles. The fraction of sp³-hybridized carbons (Fsp3) is 0.393. The predicted octanol–water partition coefficient (Wildman–Crippen LogP) is 6.74. The number of nitrogens with one attached hydrogen (secondary N) is 2. The molecule has 0 radical (unpaired) electrons. The molecule has 0 saturated carbocycles. The monoisotopic (exact) mass is 575 g/mol. The molecule has 1 heterocycles. The smallest absolute Gasteiger partial charge is 0.314 e. The molecule has 2 aliphatic rings. The summed E-state index contributed by atoms with van der Waals surface area (Å²) in [7, 11) is 0. The van der Waals surface area contributed by atoms with Crippen LogP contribution in [-0.2, 0) is 4.74 Å². The molecule has 0 spiro atoms. The van der Waals surface area contributed by atoms with Crippen LogP contribution in [0.25, 0.3) is 5.57 Å². The Morgan fingerprint density at radius 3 is 2.78 bits per heavy atom. The molecule has 2 aromatic rings. The predicted molar refractivity (Wildman–Crippen MR) is 146 cm³/mol. The highest BCUT2D eigenvalue weighted by Gasteiger charge is 2.42. The van der Waals surface area contributed by atoms with Gasteiger partial charge in [-0.15, -0.1) is 0 Å². The lowest BCUT2D eigenvalue weighted by atomic mass is 9.75. The van der Waals surface area contributed by atoms with Gasteiger partial charge in [-0.3, -0.25) is 0 Å². The van der Waals surface area contributed by atoms with E-state index in [0.29, 0.717) is 47.4 Å². The van der Waals surface area contributed by atoms with Crippen molar-refractivity contribution in [3.8, 4) is 0 Å². The highest BCUT2D eigenvalue weighted by atomic mass is 79.9. The average molecular weight is 577 g/mol. The molecule has 8 heteroatoms. The van der Waals surface area contributed by atoms with E-state index in [2.05, 4.69) is 45.3 Å². The van der Waals surface area contributed by atoms with Crippen LogP contribution < -0.4 is 16.4 Å². The van der Waals surface area contributed by atoms with E-state index in [4.69, 9.17) is 22.1 Å². The van der Waals surface area contributed by atoms with Crippen molar-refractivity contribution in [3.05, 3.63) is 87.3 Å². The molecule has 2 aromatic carbocycles. The minimum atomic E-state index is -0.301. The Bertz CT molecular complexity index is 1130.